The van der Waals surface area contributed by atoms with Crippen LogP contribution in [0.25, 0.3) is 0 Å². The van der Waals surface area contributed by atoms with Gasteiger partial charge in [-0.2, -0.15) is 0 Å². The van der Waals surface area contributed by atoms with Crippen LogP contribution in [0, 0.1) is 6.92 Å². The van der Waals surface area contributed by atoms with Crippen LogP contribution in [-0.2, 0) is 21.2 Å². The van der Waals surface area contributed by atoms with Gasteiger partial charge in [0.05, 0.1) is 11.3 Å². The van der Waals surface area contributed by atoms with Crippen molar-refractivity contribution in [2.45, 2.75) is 18.2 Å². The minimum Gasteiger partial charge on any atom is -0.349 e. The van der Waals surface area contributed by atoms with Crippen LogP contribution in [0.15, 0.2) is 47.4 Å². The number of hydrogen-bond acceptors (Lipinski definition) is 3. The average Bonchev–Trinajstić information content (AvgIpc) is 2.51. The topological polar surface area (TPSA) is 66.5 Å². The number of amides is 1. The number of sulfonamides is 1. The molecule has 7 heteroatoms. The zero-order valence-electron chi connectivity index (χ0n) is 13.7. The van der Waals surface area contributed by atoms with E-state index in [0.29, 0.717) is 10.7 Å². The van der Waals surface area contributed by atoms with E-state index in [1.54, 1.807) is 51.4 Å². The number of anilines is 1. The van der Waals surface area contributed by atoms with Crippen molar-refractivity contribution in [3.63, 3.8) is 0 Å². The molecular formula is C17H19ClN2O3S. The number of halogens is 1. The van der Waals surface area contributed by atoms with Crippen LogP contribution in [0.4, 0.5) is 5.69 Å². The zero-order chi connectivity index (χ0) is 17.9. The molecule has 1 N–H and O–H groups in total. The first-order valence-electron chi connectivity index (χ1n) is 7.27. The van der Waals surface area contributed by atoms with Gasteiger partial charge in [-0.25, -0.2) is 8.42 Å². The van der Waals surface area contributed by atoms with Gasteiger partial charge in [-0.05, 0) is 42.3 Å². The molecule has 24 heavy (non-hydrogen) atoms. The summed E-state index contributed by atoms with van der Waals surface area (Å²) < 4.78 is 27.3. The Morgan fingerprint density at radius 2 is 1.75 bits per heavy atom. The monoisotopic (exact) mass is 366 g/mol. The smallest absolute Gasteiger partial charge is 0.261 e. The lowest BCUT2D eigenvalue weighted by Gasteiger charge is -2.11. The van der Waals surface area contributed by atoms with Gasteiger partial charge < -0.3 is 4.90 Å². The van der Waals surface area contributed by atoms with Crippen molar-refractivity contribution >= 4 is 33.2 Å². The molecule has 0 aliphatic rings. The van der Waals surface area contributed by atoms with Gasteiger partial charge in [0.2, 0.25) is 5.91 Å². The number of nitrogens with one attached hydrogen (secondary N) is 1. The number of carbonyl (C=O) groups excluding carboxylic acids is 1. The van der Waals surface area contributed by atoms with Crippen molar-refractivity contribution in [3.05, 3.63) is 58.6 Å². The Morgan fingerprint density at radius 1 is 1.12 bits per heavy atom. The second-order valence-electron chi connectivity index (χ2n) is 5.68. The van der Waals surface area contributed by atoms with Crippen LogP contribution in [0.2, 0.25) is 5.02 Å². The summed E-state index contributed by atoms with van der Waals surface area (Å²) in [6, 6.07) is 11.3. The quantitative estimate of drug-likeness (QED) is 0.884. The Labute approximate surface area is 147 Å². The Kier molecular flexibility index (Phi) is 5.51. The minimum absolute atomic E-state index is 0.0161. The van der Waals surface area contributed by atoms with Crippen LogP contribution in [-0.4, -0.2) is 33.3 Å². The van der Waals surface area contributed by atoms with E-state index < -0.39 is 10.0 Å². The third-order valence-electron chi connectivity index (χ3n) is 3.51. The Morgan fingerprint density at radius 3 is 2.29 bits per heavy atom. The molecule has 0 spiro atoms. The highest BCUT2D eigenvalue weighted by Crippen LogP contribution is 2.22. The molecule has 0 aliphatic heterocycles. The molecule has 0 aliphatic carbocycles. The SMILES string of the molecule is Cc1ccc(S(=O)(=O)Nc2ccc(CC(=O)N(C)C)cc2)cc1Cl. The van der Waals surface area contributed by atoms with Crippen LogP contribution < -0.4 is 4.72 Å². The van der Waals surface area contributed by atoms with Crippen molar-refractivity contribution in [1.29, 1.82) is 0 Å². The maximum atomic E-state index is 12.4. The van der Waals surface area contributed by atoms with Gasteiger partial charge in [0.1, 0.15) is 0 Å². The molecule has 0 atom stereocenters. The van der Waals surface area contributed by atoms with Gasteiger partial charge in [0, 0.05) is 24.8 Å². The second kappa shape index (κ2) is 7.23. The predicted octanol–water partition coefficient (Wildman–Crippen LogP) is 3.08. The van der Waals surface area contributed by atoms with E-state index in [0.717, 1.165) is 11.1 Å². The lowest BCUT2D eigenvalue weighted by atomic mass is 10.1. The van der Waals surface area contributed by atoms with E-state index in [1.165, 1.54) is 17.0 Å². The molecule has 0 unspecified atom stereocenters. The molecule has 5 nitrogen and oxygen atoms in total. The number of likely N-dealkylation sites (N-methyl/N-ethyl adjacent to an activating group) is 1. The van der Waals surface area contributed by atoms with Crippen molar-refractivity contribution < 1.29 is 13.2 Å². The highest BCUT2D eigenvalue weighted by molar-refractivity contribution is 7.92. The highest BCUT2D eigenvalue weighted by Gasteiger charge is 2.15. The molecular weight excluding hydrogens is 348 g/mol. The van der Waals surface area contributed by atoms with Crippen molar-refractivity contribution in [3.8, 4) is 0 Å². The Balaban J connectivity index is 2.15. The fourth-order valence-corrected chi connectivity index (χ4v) is 3.31. The first-order valence-corrected chi connectivity index (χ1v) is 9.13. The largest absolute Gasteiger partial charge is 0.349 e. The average molecular weight is 367 g/mol. The lowest BCUT2D eigenvalue weighted by molar-refractivity contribution is -0.127. The molecule has 2 rings (SSSR count). The molecule has 0 aromatic heterocycles. The molecule has 0 saturated carbocycles. The lowest BCUT2D eigenvalue weighted by Crippen LogP contribution is -2.23. The highest BCUT2D eigenvalue weighted by atomic mass is 35.5. The van der Waals surface area contributed by atoms with E-state index >= 15 is 0 Å². The summed E-state index contributed by atoms with van der Waals surface area (Å²) in [5.74, 6) is -0.0161. The second-order valence-corrected chi connectivity index (χ2v) is 7.77. The van der Waals surface area contributed by atoms with E-state index in [4.69, 9.17) is 11.6 Å². The third-order valence-corrected chi connectivity index (χ3v) is 5.30. The fraction of sp³-hybridized carbons (Fsp3) is 0.235. The first kappa shape index (κ1) is 18.3. The Hall–Kier alpha value is -2.05. The van der Waals surface area contributed by atoms with Gasteiger partial charge in [0.25, 0.3) is 10.0 Å². The maximum Gasteiger partial charge on any atom is 0.261 e. The van der Waals surface area contributed by atoms with Crippen molar-refractivity contribution in [1.82, 2.24) is 4.90 Å². The number of aryl methyl sites for hydroxylation is 1. The predicted molar refractivity (Wildman–Crippen MR) is 95.8 cm³/mol. The minimum atomic E-state index is -3.71. The molecule has 2 aromatic rings. The van der Waals surface area contributed by atoms with Gasteiger partial charge in [-0.15, -0.1) is 0 Å². The zero-order valence-corrected chi connectivity index (χ0v) is 15.3. The normalized spacial score (nSPS) is 11.2. The van der Waals surface area contributed by atoms with Gasteiger partial charge in [-0.3, -0.25) is 9.52 Å². The van der Waals surface area contributed by atoms with Gasteiger partial charge >= 0.3 is 0 Å². The first-order chi connectivity index (χ1) is 11.2. The number of carbonyl (C=O) groups is 1. The summed E-state index contributed by atoms with van der Waals surface area (Å²) in [4.78, 5) is 13.3. The fourth-order valence-electron chi connectivity index (χ4n) is 1.98. The molecule has 2 aromatic carbocycles. The number of nitrogens with zero attached hydrogens (tertiary/aromatic N) is 1. The molecule has 128 valence electrons. The van der Waals surface area contributed by atoms with E-state index in [1.807, 2.05) is 0 Å². The summed E-state index contributed by atoms with van der Waals surface area (Å²) >= 11 is 5.99. The standard InChI is InChI=1S/C17H19ClN2O3S/c1-12-4-9-15(11-16(12)18)24(22,23)19-14-7-5-13(6-8-14)10-17(21)20(2)3/h4-9,11,19H,10H2,1-3H3. The van der Waals surface area contributed by atoms with Gasteiger partial charge in [-0.1, -0.05) is 29.8 Å². The molecule has 0 fully saturated rings. The maximum absolute atomic E-state index is 12.4. The van der Waals surface area contributed by atoms with Crippen LogP contribution in [0.5, 0.6) is 0 Å². The molecule has 0 radical (unpaired) electrons. The van der Waals surface area contributed by atoms with E-state index in [9.17, 15) is 13.2 Å². The Bertz CT molecular complexity index is 847. The molecule has 0 heterocycles. The summed E-state index contributed by atoms with van der Waals surface area (Å²) in [6.45, 7) is 1.81. The molecule has 1 amide bonds. The van der Waals surface area contributed by atoms with E-state index in [-0.39, 0.29) is 17.2 Å². The van der Waals surface area contributed by atoms with Crippen LogP contribution >= 0.6 is 11.6 Å². The number of rotatable bonds is 5. The third kappa shape index (κ3) is 4.49. The van der Waals surface area contributed by atoms with Crippen molar-refractivity contribution in [2.24, 2.45) is 0 Å². The van der Waals surface area contributed by atoms with Crippen molar-refractivity contribution in [2.75, 3.05) is 18.8 Å². The number of hydrogen-bond donors (Lipinski definition) is 1. The number of benzene rings is 2. The molecule has 0 saturated heterocycles. The van der Waals surface area contributed by atoms with Crippen LogP contribution in [0.1, 0.15) is 11.1 Å². The molecule has 0 bridgehead atoms. The summed E-state index contributed by atoms with van der Waals surface area (Å²) in [7, 11) is -0.328. The van der Waals surface area contributed by atoms with Gasteiger partial charge in [0.15, 0.2) is 0 Å². The summed E-state index contributed by atoms with van der Waals surface area (Å²) in [6.07, 6.45) is 0.271. The summed E-state index contributed by atoms with van der Waals surface area (Å²) in [5.41, 5.74) is 2.05. The van der Waals surface area contributed by atoms with E-state index in [2.05, 4.69) is 4.72 Å². The van der Waals surface area contributed by atoms with Crippen LogP contribution in [0.3, 0.4) is 0 Å². The summed E-state index contributed by atoms with van der Waals surface area (Å²) in [5, 5.41) is 0.399.